The van der Waals surface area contributed by atoms with Crippen LogP contribution in [-0.2, 0) is 0 Å². The molecule has 3 N–H and O–H groups in total. The molecule has 0 bridgehead atoms. The van der Waals surface area contributed by atoms with E-state index in [0.29, 0.717) is 31.6 Å². The molecule has 0 saturated carbocycles. The summed E-state index contributed by atoms with van der Waals surface area (Å²) in [7, 11) is 0. The standard InChI is InChI=1S/C12H13F3N2O2/c13-8-3-7(4-9(14)10(8)15)11(18)17-6-12(19)1-2-16-5-12/h3-4,16,19H,1-2,5-6H2,(H,17,18). The second-order valence-corrected chi connectivity index (χ2v) is 4.59. The van der Waals surface area contributed by atoms with Crippen LogP contribution in [0.1, 0.15) is 16.8 Å². The molecule has 0 aliphatic carbocycles. The second-order valence-electron chi connectivity index (χ2n) is 4.59. The molecule has 1 fully saturated rings. The van der Waals surface area contributed by atoms with Gasteiger partial charge in [0, 0.05) is 18.7 Å². The molecule has 19 heavy (non-hydrogen) atoms. The van der Waals surface area contributed by atoms with E-state index in [2.05, 4.69) is 10.6 Å². The molecule has 1 unspecified atom stereocenters. The fraction of sp³-hybridized carbons (Fsp3) is 0.417. The van der Waals surface area contributed by atoms with E-state index in [1.807, 2.05) is 0 Å². The van der Waals surface area contributed by atoms with Crippen LogP contribution in [0.5, 0.6) is 0 Å². The summed E-state index contributed by atoms with van der Waals surface area (Å²) in [5.74, 6) is -5.23. The zero-order valence-corrected chi connectivity index (χ0v) is 9.97. The molecule has 0 spiro atoms. The maximum absolute atomic E-state index is 13.0. The van der Waals surface area contributed by atoms with Gasteiger partial charge in [0.2, 0.25) is 0 Å². The number of nitrogens with one attached hydrogen (secondary N) is 2. The topological polar surface area (TPSA) is 61.4 Å². The van der Waals surface area contributed by atoms with Crippen molar-refractivity contribution in [2.24, 2.45) is 0 Å². The van der Waals surface area contributed by atoms with Crippen LogP contribution in [0.3, 0.4) is 0 Å². The third-order valence-electron chi connectivity index (χ3n) is 3.05. The van der Waals surface area contributed by atoms with Crippen LogP contribution < -0.4 is 10.6 Å². The van der Waals surface area contributed by atoms with Gasteiger partial charge in [-0.05, 0) is 25.1 Å². The van der Waals surface area contributed by atoms with Gasteiger partial charge >= 0.3 is 0 Å². The molecule has 7 heteroatoms. The quantitative estimate of drug-likeness (QED) is 0.706. The maximum atomic E-state index is 13.0. The van der Waals surface area contributed by atoms with E-state index < -0.39 is 29.0 Å². The Labute approximate surface area is 107 Å². The molecular formula is C12H13F3N2O2. The van der Waals surface area contributed by atoms with Gasteiger partial charge in [0.1, 0.15) is 0 Å². The first-order valence-corrected chi connectivity index (χ1v) is 5.77. The number of β-amino-alcohol motifs (C(OH)–C–C–N with tert-alkyl or cyclic N) is 1. The first-order valence-electron chi connectivity index (χ1n) is 5.77. The fourth-order valence-electron chi connectivity index (χ4n) is 1.91. The van der Waals surface area contributed by atoms with Gasteiger partial charge in [-0.2, -0.15) is 0 Å². The Morgan fingerprint density at radius 1 is 1.37 bits per heavy atom. The molecule has 1 atom stereocenters. The van der Waals surface area contributed by atoms with Crippen molar-refractivity contribution in [3.8, 4) is 0 Å². The van der Waals surface area contributed by atoms with E-state index in [1.165, 1.54) is 0 Å². The average molecular weight is 274 g/mol. The van der Waals surface area contributed by atoms with Gasteiger partial charge in [-0.1, -0.05) is 0 Å². The second kappa shape index (κ2) is 5.18. The van der Waals surface area contributed by atoms with Gasteiger partial charge in [-0.3, -0.25) is 4.79 Å². The molecule has 2 rings (SSSR count). The van der Waals surface area contributed by atoms with Crippen molar-refractivity contribution < 1.29 is 23.1 Å². The zero-order valence-electron chi connectivity index (χ0n) is 9.97. The van der Waals surface area contributed by atoms with E-state index >= 15 is 0 Å². The van der Waals surface area contributed by atoms with Gasteiger partial charge in [0.25, 0.3) is 5.91 Å². The van der Waals surface area contributed by atoms with E-state index in [4.69, 9.17) is 0 Å². The molecule has 1 aliphatic heterocycles. The highest BCUT2D eigenvalue weighted by Crippen LogP contribution is 2.15. The first-order chi connectivity index (χ1) is 8.91. The van der Waals surface area contributed by atoms with Crippen molar-refractivity contribution in [1.29, 1.82) is 0 Å². The zero-order chi connectivity index (χ0) is 14.0. The van der Waals surface area contributed by atoms with Crippen LogP contribution in [0, 0.1) is 17.5 Å². The molecule has 1 saturated heterocycles. The van der Waals surface area contributed by atoms with E-state index in [0.717, 1.165) is 0 Å². The Bertz CT molecular complexity index is 479. The predicted octanol–water partition coefficient (Wildman–Crippen LogP) is 0.558. The van der Waals surface area contributed by atoms with Crippen molar-refractivity contribution in [1.82, 2.24) is 10.6 Å². The van der Waals surface area contributed by atoms with Gasteiger partial charge in [0.05, 0.1) is 5.60 Å². The van der Waals surface area contributed by atoms with Gasteiger partial charge in [-0.25, -0.2) is 13.2 Å². The first kappa shape index (κ1) is 13.8. The minimum atomic E-state index is -1.62. The average Bonchev–Trinajstić information content (AvgIpc) is 2.80. The largest absolute Gasteiger partial charge is 0.387 e. The van der Waals surface area contributed by atoms with Crippen molar-refractivity contribution >= 4 is 5.91 Å². The van der Waals surface area contributed by atoms with Crippen LogP contribution in [0.4, 0.5) is 13.2 Å². The maximum Gasteiger partial charge on any atom is 0.251 e. The number of hydrogen-bond donors (Lipinski definition) is 3. The van der Waals surface area contributed by atoms with Gasteiger partial charge in [0.15, 0.2) is 17.5 Å². The van der Waals surface area contributed by atoms with Crippen LogP contribution in [0.25, 0.3) is 0 Å². The normalized spacial score (nSPS) is 22.5. The van der Waals surface area contributed by atoms with E-state index in [1.54, 1.807) is 0 Å². The number of carbonyl (C=O) groups excluding carboxylic acids is 1. The molecule has 1 heterocycles. The van der Waals surface area contributed by atoms with Crippen LogP contribution in [0.15, 0.2) is 12.1 Å². The predicted molar refractivity (Wildman–Crippen MR) is 61.1 cm³/mol. The van der Waals surface area contributed by atoms with Crippen LogP contribution in [-0.4, -0.2) is 36.2 Å². The number of rotatable bonds is 3. The molecule has 1 aromatic rings. The van der Waals surface area contributed by atoms with Crippen molar-refractivity contribution in [2.75, 3.05) is 19.6 Å². The lowest BCUT2D eigenvalue weighted by atomic mass is 10.0. The Morgan fingerprint density at radius 3 is 2.53 bits per heavy atom. The molecule has 0 radical (unpaired) electrons. The van der Waals surface area contributed by atoms with Crippen molar-refractivity contribution in [3.05, 3.63) is 35.1 Å². The van der Waals surface area contributed by atoms with Crippen LogP contribution in [0.2, 0.25) is 0 Å². The summed E-state index contributed by atoms with van der Waals surface area (Å²) in [5.41, 5.74) is -1.39. The summed E-state index contributed by atoms with van der Waals surface area (Å²) >= 11 is 0. The number of benzene rings is 1. The van der Waals surface area contributed by atoms with Crippen molar-refractivity contribution in [3.63, 3.8) is 0 Å². The lowest BCUT2D eigenvalue weighted by Crippen LogP contribution is -2.44. The highest BCUT2D eigenvalue weighted by molar-refractivity contribution is 5.94. The monoisotopic (exact) mass is 274 g/mol. The van der Waals surface area contributed by atoms with Crippen LogP contribution >= 0.6 is 0 Å². The molecular weight excluding hydrogens is 261 g/mol. The lowest BCUT2D eigenvalue weighted by molar-refractivity contribution is 0.0561. The smallest absolute Gasteiger partial charge is 0.251 e. The number of carbonyl (C=O) groups is 1. The third-order valence-corrected chi connectivity index (χ3v) is 3.05. The van der Waals surface area contributed by atoms with Gasteiger partial charge in [-0.15, -0.1) is 0 Å². The molecule has 1 aromatic carbocycles. The highest BCUT2D eigenvalue weighted by atomic mass is 19.2. The molecule has 1 aliphatic rings. The van der Waals surface area contributed by atoms with E-state index in [-0.39, 0.29) is 12.1 Å². The molecule has 104 valence electrons. The summed E-state index contributed by atoms with van der Waals surface area (Å²) < 4.78 is 38.7. The lowest BCUT2D eigenvalue weighted by Gasteiger charge is -2.21. The van der Waals surface area contributed by atoms with E-state index in [9.17, 15) is 23.1 Å². The third kappa shape index (κ3) is 3.05. The summed E-state index contributed by atoms with van der Waals surface area (Å²) in [4.78, 5) is 11.7. The highest BCUT2D eigenvalue weighted by Gasteiger charge is 2.31. The fourth-order valence-corrected chi connectivity index (χ4v) is 1.91. The number of hydrogen-bond acceptors (Lipinski definition) is 3. The Hall–Kier alpha value is -1.60. The minimum Gasteiger partial charge on any atom is -0.387 e. The SMILES string of the molecule is O=C(NCC1(O)CCNC1)c1cc(F)c(F)c(F)c1. The molecule has 0 aromatic heterocycles. The minimum absolute atomic E-state index is 0.0422. The summed E-state index contributed by atoms with van der Waals surface area (Å²) in [6.07, 6.45) is 0.472. The number of amides is 1. The Kier molecular flexibility index (Phi) is 3.77. The van der Waals surface area contributed by atoms with Crippen molar-refractivity contribution in [2.45, 2.75) is 12.0 Å². The van der Waals surface area contributed by atoms with Gasteiger partial charge < -0.3 is 15.7 Å². The summed E-state index contributed by atoms with van der Waals surface area (Å²) in [5, 5.41) is 15.3. The number of halogens is 3. The summed E-state index contributed by atoms with van der Waals surface area (Å²) in [6.45, 7) is 0.922. The number of aliphatic hydroxyl groups is 1. The Balaban J connectivity index is 2.04. The summed E-state index contributed by atoms with van der Waals surface area (Å²) in [6, 6.07) is 1.23. The molecule has 1 amide bonds. The Morgan fingerprint density at radius 2 is 2.00 bits per heavy atom. The molecule has 4 nitrogen and oxygen atoms in total.